The minimum Gasteiger partial charge on any atom is -0.343 e. The highest BCUT2D eigenvalue weighted by atomic mass is 32.1. The van der Waals surface area contributed by atoms with Crippen LogP contribution in [0.15, 0.2) is 35.7 Å². The zero-order valence-corrected chi connectivity index (χ0v) is 12.3. The lowest BCUT2D eigenvalue weighted by molar-refractivity contribution is 0.0822. The van der Waals surface area contributed by atoms with Crippen molar-refractivity contribution >= 4 is 17.2 Å². The molecule has 4 heteroatoms. The van der Waals surface area contributed by atoms with Crippen molar-refractivity contribution in [3.63, 3.8) is 0 Å². The molecule has 0 saturated heterocycles. The molecule has 0 aliphatic heterocycles. The van der Waals surface area contributed by atoms with E-state index in [0.29, 0.717) is 11.6 Å². The van der Waals surface area contributed by atoms with Gasteiger partial charge in [0, 0.05) is 25.4 Å². The van der Waals surface area contributed by atoms with Crippen LogP contribution in [0.1, 0.15) is 33.9 Å². The van der Waals surface area contributed by atoms with E-state index in [9.17, 15) is 4.79 Å². The third-order valence-electron chi connectivity index (χ3n) is 2.95. The second kappa shape index (κ2) is 5.97. The Morgan fingerprint density at radius 1 is 1.32 bits per heavy atom. The lowest BCUT2D eigenvalue weighted by atomic mass is 10.0. The number of carbonyl (C=O) groups is 1. The Morgan fingerprint density at radius 2 is 2.00 bits per heavy atom. The van der Waals surface area contributed by atoms with Crippen LogP contribution in [0, 0.1) is 0 Å². The molecule has 0 bridgehead atoms. The fraction of sp³-hybridized carbons (Fsp3) is 0.333. The van der Waals surface area contributed by atoms with Crippen LogP contribution in [0.5, 0.6) is 0 Å². The summed E-state index contributed by atoms with van der Waals surface area (Å²) in [5.41, 5.74) is 1.84. The zero-order chi connectivity index (χ0) is 13.8. The van der Waals surface area contributed by atoms with E-state index in [2.05, 4.69) is 24.0 Å². The molecule has 1 aromatic carbocycles. The molecule has 0 N–H and O–H groups in total. The Bertz CT molecular complexity index is 548. The fourth-order valence-corrected chi connectivity index (χ4v) is 2.75. The quantitative estimate of drug-likeness (QED) is 0.858. The molecule has 2 aromatic rings. The molecule has 19 heavy (non-hydrogen) atoms. The van der Waals surface area contributed by atoms with Crippen molar-refractivity contribution in [3.8, 4) is 0 Å². The average molecular weight is 274 g/mol. The smallest absolute Gasteiger partial charge is 0.272 e. The van der Waals surface area contributed by atoms with E-state index in [0.717, 1.165) is 11.4 Å². The van der Waals surface area contributed by atoms with Crippen LogP contribution >= 0.6 is 11.3 Å². The maximum Gasteiger partial charge on any atom is 0.272 e. The molecule has 0 fully saturated rings. The van der Waals surface area contributed by atoms with Gasteiger partial charge in [0.1, 0.15) is 5.69 Å². The van der Waals surface area contributed by atoms with Crippen molar-refractivity contribution in [2.45, 2.75) is 19.3 Å². The highest BCUT2D eigenvalue weighted by molar-refractivity contribution is 7.09. The number of hydrogen-bond acceptors (Lipinski definition) is 3. The van der Waals surface area contributed by atoms with E-state index < -0.39 is 0 Å². The molecular formula is C15H18N2OS. The van der Waals surface area contributed by atoms with Crippen molar-refractivity contribution in [1.29, 1.82) is 0 Å². The van der Waals surface area contributed by atoms with Gasteiger partial charge in [0.2, 0.25) is 0 Å². The predicted octanol–water partition coefficient (Wildman–Crippen LogP) is 3.19. The van der Waals surface area contributed by atoms with Gasteiger partial charge in [-0.25, -0.2) is 4.98 Å². The van der Waals surface area contributed by atoms with Gasteiger partial charge in [-0.1, -0.05) is 37.3 Å². The number of amides is 1. The van der Waals surface area contributed by atoms with Gasteiger partial charge in [0.15, 0.2) is 0 Å². The van der Waals surface area contributed by atoms with Crippen LogP contribution in [0.4, 0.5) is 0 Å². The molecule has 1 amide bonds. The SMILES string of the molecule is CC(Cc1ccccc1)c1nc(C(=O)N(C)C)cs1. The summed E-state index contributed by atoms with van der Waals surface area (Å²) in [4.78, 5) is 17.8. The first-order valence-electron chi connectivity index (χ1n) is 6.29. The predicted molar refractivity (Wildman–Crippen MR) is 78.7 cm³/mol. The van der Waals surface area contributed by atoms with E-state index >= 15 is 0 Å². The van der Waals surface area contributed by atoms with Crippen LogP contribution < -0.4 is 0 Å². The minimum absolute atomic E-state index is 0.0330. The van der Waals surface area contributed by atoms with Gasteiger partial charge in [-0.2, -0.15) is 0 Å². The molecular weight excluding hydrogens is 256 g/mol. The number of benzene rings is 1. The molecule has 1 unspecified atom stereocenters. The van der Waals surface area contributed by atoms with E-state index in [-0.39, 0.29) is 5.91 Å². The van der Waals surface area contributed by atoms with Crippen LogP contribution in [0.2, 0.25) is 0 Å². The molecule has 3 nitrogen and oxygen atoms in total. The lowest BCUT2D eigenvalue weighted by Gasteiger charge is -2.09. The molecule has 0 saturated carbocycles. The number of hydrogen-bond donors (Lipinski definition) is 0. The van der Waals surface area contributed by atoms with Crippen molar-refractivity contribution in [2.24, 2.45) is 0 Å². The van der Waals surface area contributed by atoms with Crippen LogP contribution in [0.25, 0.3) is 0 Å². The number of thiazole rings is 1. The standard InChI is InChI=1S/C15H18N2OS/c1-11(9-12-7-5-4-6-8-12)14-16-13(10-19-14)15(18)17(2)3/h4-8,10-11H,9H2,1-3H3. The van der Waals surface area contributed by atoms with Crippen molar-refractivity contribution in [2.75, 3.05) is 14.1 Å². The monoisotopic (exact) mass is 274 g/mol. The molecule has 0 aliphatic carbocycles. The number of rotatable bonds is 4. The Hall–Kier alpha value is -1.68. The third-order valence-corrected chi connectivity index (χ3v) is 4.03. The maximum absolute atomic E-state index is 11.8. The van der Waals surface area contributed by atoms with Crippen molar-refractivity contribution in [1.82, 2.24) is 9.88 Å². The third kappa shape index (κ3) is 3.41. The van der Waals surface area contributed by atoms with E-state index in [1.165, 1.54) is 5.56 Å². The molecule has 0 radical (unpaired) electrons. The van der Waals surface area contributed by atoms with E-state index in [4.69, 9.17) is 0 Å². The summed E-state index contributed by atoms with van der Waals surface area (Å²) in [5.74, 6) is 0.297. The molecule has 0 aliphatic rings. The number of aromatic nitrogens is 1. The normalized spacial score (nSPS) is 12.2. The van der Waals surface area contributed by atoms with E-state index in [1.54, 1.807) is 30.3 Å². The minimum atomic E-state index is -0.0330. The van der Waals surface area contributed by atoms with Gasteiger partial charge in [0.05, 0.1) is 5.01 Å². The van der Waals surface area contributed by atoms with Crippen LogP contribution in [-0.2, 0) is 6.42 Å². The summed E-state index contributed by atoms with van der Waals surface area (Å²) in [6.45, 7) is 2.15. The summed E-state index contributed by atoms with van der Waals surface area (Å²) < 4.78 is 0. The Kier molecular flexibility index (Phi) is 4.32. The summed E-state index contributed by atoms with van der Waals surface area (Å²) in [6, 6.07) is 10.4. The average Bonchev–Trinajstić information content (AvgIpc) is 2.88. The molecule has 100 valence electrons. The lowest BCUT2D eigenvalue weighted by Crippen LogP contribution is -2.22. The number of carbonyl (C=O) groups excluding carboxylic acids is 1. The Labute approximate surface area is 117 Å². The maximum atomic E-state index is 11.8. The van der Waals surface area contributed by atoms with E-state index in [1.807, 2.05) is 23.6 Å². The van der Waals surface area contributed by atoms with Gasteiger partial charge in [-0.15, -0.1) is 11.3 Å². The molecule has 0 spiro atoms. The second-order valence-electron chi connectivity index (χ2n) is 4.86. The van der Waals surface area contributed by atoms with Crippen LogP contribution in [0.3, 0.4) is 0 Å². The van der Waals surface area contributed by atoms with Gasteiger partial charge in [0.25, 0.3) is 5.91 Å². The highest BCUT2D eigenvalue weighted by Crippen LogP contribution is 2.24. The van der Waals surface area contributed by atoms with Gasteiger partial charge in [-0.05, 0) is 12.0 Å². The van der Waals surface area contributed by atoms with Gasteiger partial charge < -0.3 is 4.90 Å². The number of nitrogens with zero attached hydrogens (tertiary/aromatic N) is 2. The summed E-state index contributed by atoms with van der Waals surface area (Å²) in [5, 5.41) is 2.87. The van der Waals surface area contributed by atoms with Crippen molar-refractivity contribution in [3.05, 3.63) is 52.0 Å². The van der Waals surface area contributed by atoms with Gasteiger partial charge >= 0.3 is 0 Å². The van der Waals surface area contributed by atoms with Crippen LogP contribution in [-0.4, -0.2) is 29.9 Å². The topological polar surface area (TPSA) is 33.2 Å². The summed E-state index contributed by atoms with van der Waals surface area (Å²) in [6.07, 6.45) is 0.948. The molecule has 2 rings (SSSR count). The first-order valence-corrected chi connectivity index (χ1v) is 7.17. The zero-order valence-electron chi connectivity index (χ0n) is 11.5. The Morgan fingerprint density at radius 3 is 2.63 bits per heavy atom. The second-order valence-corrected chi connectivity index (χ2v) is 5.75. The first-order chi connectivity index (χ1) is 9.08. The summed E-state index contributed by atoms with van der Waals surface area (Å²) >= 11 is 1.56. The molecule has 1 aromatic heterocycles. The Balaban J connectivity index is 2.08. The molecule has 1 heterocycles. The highest BCUT2D eigenvalue weighted by Gasteiger charge is 2.16. The largest absolute Gasteiger partial charge is 0.343 e. The molecule has 1 atom stereocenters. The summed E-state index contributed by atoms with van der Waals surface area (Å²) in [7, 11) is 3.49. The first kappa shape index (κ1) is 13.7. The van der Waals surface area contributed by atoms with Crippen molar-refractivity contribution < 1.29 is 4.79 Å². The van der Waals surface area contributed by atoms with Gasteiger partial charge in [-0.3, -0.25) is 4.79 Å². The fourth-order valence-electron chi connectivity index (χ4n) is 1.90.